The van der Waals surface area contributed by atoms with E-state index in [-0.39, 0.29) is 67.2 Å². The van der Waals surface area contributed by atoms with Crippen LogP contribution in [0.5, 0.6) is 17.2 Å². The van der Waals surface area contributed by atoms with Gasteiger partial charge in [-0.05, 0) is 151 Å². The normalized spacial score (nSPS) is 24.7. The van der Waals surface area contributed by atoms with E-state index >= 15 is 4.79 Å². The first-order chi connectivity index (χ1) is 36.5. The van der Waals surface area contributed by atoms with Crippen LogP contribution in [0.25, 0.3) is 12.2 Å². The first-order valence-electron chi connectivity index (χ1n) is 27.1. The second kappa shape index (κ2) is 21.6. The van der Waals surface area contributed by atoms with Gasteiger partial charge in [-0.2, -0.15) is 0 Å². The number of Topliss-reactive ketones (excluding diaryl/α,β-unsaturated/α-hetero) is 2. The molecule has 8 N–H and O–H groups in total. The van der Waals surface area contributed by atoms with Crippen LogP contribution in [-0.2, 0) is 41.7 Å². The number of aromatic nitrogens is 2. The van der Waals surface area contributed by atoms with Gasteiger partial charge in [0.2, 0.25) is 0 Å². The minimum absolute atomic E-state index is 0.00181. The van der Waals surface area contributed by atoms with Gasteiger partial charge in [-0.15, -0.1) is 0 Å². The second-order valence-corrected chi connectivity index (χ2v) is 21.7. The molecule has 6 aromatic rings. The maximum Gasteiger partial charge on any atom is 0.161 e. The van der Waals surface area contributed by atoms with Crippen LogP contribution in [0.3, 0.4) is 0 Å². The number of aryl methyl sites for hydroxylation is 3. The van der Waals surface area contributed by atoms with Crippen molar-refractivity contribution in [3.63, 3.8) is 0 Å². The Balaban J connectivity index is 1.07. The number of benzene rings is 4. The summed E-state index contributed by atoms with van der Waals surface area (Å²) in [5.41, 5.74) is 8.89. The minimum atomic E-state index is -1.44. The van der Waals surface area contributed by atoms with Gasteiger partial charge in [-0.1, -0.05) is 90.7 Å². The largest absolute Gasteiger partial charge is 0.507 e. The zero-order valence-electron chi connectivity index (χ0n) is 42.4. The molecule has 7 unspecified atom stereocenters. The number of H-pyrrole nitrogens is 2. The van der Waals surface area contributed by atoms with Gasteiger partial charge in [0.25, 0.3) is 0 Å². The molecule has 5 bridgehead atoms. The first kappa shape index (κ1) is 50.1. The Bertz CT molecular complexity index is 3200. The van der Waals surface area contributed by atoms with Gasteiger partial charge in [0, 0.05) is 79.3 Å². The number of carbonyl (C=O) groups is 2. The fourth-order valence-electron chi connectivity index (χ4n) is 12.8. The van der Waals surface area contributed by atoms with E-state index in [0.29, 0.717) is 60.4 Å². The molecule has 4 heterocycles. The van der Waals surface area contributed by atoms with E-state index in [0.717, 1.165) is 76.7 Å². The van der Waals surface area contributed by atoms with Crippen LogP contribution < -0.4 is 10.1 Å². The molecule has 0 radical (unpaired) electrons. The first-order valence-corrected chi connectivity index (χ1v) is 27.1. The lowest BCUT2D eigenvalue weighted by atomic mass is 9.65. The van der Waals surface area contributed by atoms with E-state index in [1.165, 1.54) is 5.56 Å². The van der Waals surface area contributed by atoms with Crippen molar-refractivity contribution in [2.75, 3.05) is 11.9 Å². The third-order valence-corrected chi connectivity index (χ3v) is 16.8. The summed E-state index contributed by atoms with van der Waals surface area (Å²) in [4.78, 5) is 37.9. The van der Waals surface area contributed by atoms with Gasteiger partial charge in [0.15, 0.2) is 17.3 Å². The monoisotopic (exact) mass is 1010 g/mol. The molecule has 0 saturated heterocycles. The number of anilines is 1. The molecule has 3 aliphatic carbocycles. The topological polar surface area (TPSA) is 188 Å². The van der Waals surface area contributed by atoms with Crippen LogP contribution in [0.2, 0.25) is 0 Å². The van der Waals surface area contributed by atoms with Gasteiger partial charge in [0.1, 0.15) is 23.4 Å². The molecule has 2 aliphatic heterocycles. The van der Waals surface area contributed by atoms with Crippen LogP contribution in [0.15, 0.2) is 115 Å². The Hall–Kier alpha value is -7.10. The number of aromatic amines is 2. The summed E-state index contributed by atoms with van der Waals surface area (Å²) in [6.45, 7) is -0.401. The molecule has 11 heteroatoms. The van der Waals surface area contributed by atoms with E-state index in [2.05, 4.69) is 57.5 Å². The molecule has 5 aliphatic rings. The summed E-state index contributed by atoms with van der Waals surface area (Å²) in [5.74, 6) is 4.36. The maximum absolute atomic E-state index is 16.0. The third kappa shape index (κ3) is 10.6. The van der Waals surface area contributed by atoms with Crippen molar-refractivity contribution >= 4 is 29.5 Å². The van der Waals surface area contributed by atoms with Gasteiger partial charge in [-0.25, -0.2) is 0 Å². The average molecular weight is 1010 g/mol. The number of ether oxygens (including phenoxy) is 1. The van der Waals surface area contributed by atoms with E-state index in [9.17, 15) is 30.3 Å². The van der Waals surface area contributed by atoms with Crippen molar-refractivity contribution in [1.82, 2.24) is 9.97 Å². The molecule has 11 nitrogen and oxygen atoms in total. The number of hydrogen-bond donors (Lipinski definition) is 8. The molecule has 4 aromatic carbocycles. The lowest BCUT2D eigenvalue weighted by Crippen LogP contribution is -2.42. The number of phenolic OH excluding ortho intramolecular Hbond substituents is 2. The van der Waals surface area contributed by atoms with Crippen molar-refractivity contribution in [2.24, 2.45) is 11.8 Å². The average Bonchev–Trinajstić information content (AvgIpc) is 4.19. The number of nitrogens with one attached hydrogen (secondary N) is 3. The molecule has 0 spiro atoms. The van der Waals surface area contributed by atoms with E-state index < -0.39 is 42.1 Å². The molecular weight excluding hydrogens is 939 g/mol. The number of aromatic hydroxyl groups is 2. The SMILES string of the molecule is O=C1CCc2cc(c(O)c(OC3CCCC3)c2)Cc2ccc3c(c2)Cc2cc[nH]c2NC(C#CCC(O)C3CCc2ccccc2)C2=Cc3[nH]ccc3C(CC3(O)C=Cc4c(O)cccc4CC3)C2C(=O)C1CCO. The van der Waals surface area contributed by atoms with Crippen molar-refractivity contribution in [3.05, 3.63) is 176 Å². The Morgan fingerprint density at radius 2 is 1.60 bits per heavy atom. The summed E-state index contributed by atoms with van der Waals surface area (Å²) in [5, 5.41) is 62.6. The number of ketones is 2. The minimum Gasteiger partial charge on any atom is -0.507 e. The van der Waals surface area contributed by atoms with Crippen molar-refractivity contribution in [1.29, 1.82) is 0 Å². The van der Waals surface area contributed by atoms with Gasteiger partial charge >= 0.3 is 0 Å². The standard InChI is InChI=1S/C64H67N3O8/c68-31-26-51-58(71)21-18-41-34-45(61(72)59(35-41)75-46-11-4-5-12-46)33-40-17-19-47-44(32-40)36-43-24-29-66-63(43)67-54(13-7-15-57(70)50(47)20-16-39-8-2-1-3-9-39)52-37-55-49(25-30-65-55)53(60(52)62(51)73)38-64(74)27-22-42-10-6-14-56(69)48(42)23-28-64/h1-3,6,8-10,14,17,19,23-25,28-30,32,34-35,37,46,50-51,53-54,57,60,65-70,72,74H,4-5,11-12,15-16,18,20-22,26-27,31,33,36,38H2. The van der Waals surface area contributed by atoms with Crippen LogP contribution in [0, 0.1) is 23.7 Å². The molecule has 2 aromatic heterocycles. The summed E-state index contributed by atoms with van der Waals surface area (Å²) in [6.07, 6.45) is 15.6. The summed E-state index contributed by atoms with van der Waals surface area (Å²) in [6, 6.07) is 29.1. The highest BCUT2D eigenvalue weighted by Crippen LogP contribution is 2.48. The van der Waals surface area contributed by atoms with Crippen LogP contribution >= 0.6 is 0 Å². The molecule has 11 rings (SSSR count). The lowest BCUT2D eigenvalue weighted by Gasteiger charge is -2.39. The van der Waals surface area contributed by atoms with E-state index in [1.807, 2.05) is 67.0 Å². The summed E-state index contributed by atoms with van der Waals surface area (Å²) >= 11 is 0. The van der Waals surface area contributed by atoms with Crippen molar-refractivity contribution in [3.8, 4) is 29.1 Å². The molecule has 1 saturated carbocycles. The van der Waals surface area contributed by atoms with Gasteiger partial charge in [0.05, 0.1) is 23.7 Å². The van der Waals surface area contributed by atoms with Crippen LogP contribution in [-0.4, -0.2) is 77.5 Å². The predicted octanol–water partition coefficient (Wildman–Crippen LogP) is 10.2. The highest BCUT2D eigenvalue weighted by atomic mass is 16.5. The Labute approximate surface area is 438 Å². The number of hydrogen-bond acceptors (Lipinski definition) is 9. The fraction of sp³-hybridized carbons (Fsp3) is 0.375. The summed E-state index contributed by atoms with van der Waals surface area (Å²) in [7, 11) is 0. The Kier molecular flexibility index (Phi) is 14.4. The maximum atomic E-state index is 16.0. The highest BCUT2D eigenvalue weighted by Gasteiger charge is 2.46. The lowest BCUT2D eigenvalue weighted by molar-refractivity contribution is -0.135. The number of aliphatic hydroxyl groups excluding tert-OH is 2. The zero-order valence-corrected chi connectivity index (χ0v) is 42.4. The fourth-order valence-corrected chi connectivity index (χ4v) is 12.8. The summed E-state index contributed by atoms with van der Waals surface area (Å²) < 4.78 is 6.55. The predicted molar refractivity (Wildman–Crippen MR) is 291 cm³/mol. The number of aliphatic hydroxyl groups is 3. The number of phenols is 2. The quantitative estimate of drug-likeness (QED) is 0.0515. The number of fused-ring (bicyclic) bond motifs is 8. The number of rotatable bonds is 9. The Morgan fingerprint density at radius 1 is 0.773 bits per heavy atom. The zero-order chi connectivity index (χ0) is 51.6. The molecular formula is C64H67N3O8. The van der Waals surface area contributed by atoms with E-state index in [1.54, 1.807) is 24.3 Å². The van der Waals surface area contributed by atoms with Crippen LogP contribution in [0.4, 0.5) is 5.82 Å². The highest BCUT2D eigenvalue weighted by molar-refractivity contribution is 6.05. The molecule has 7 atom stereocenters. The van der Waals surface area contributed by atoms with Crippen LogP contribution in [0.1, 0.15) is 137 Å². The molecule has 75 heavy (non-hydrogen) atoms. The molecule has 386 valence electrons. The van der Waals surface area contributed by atoms with Crippen molar-refractivity contribution < 1.29 is 39.9 Å². The molecule has 1 fully saturated rings. The van der Waals surface area contributed by atoms with E-state index in [4.69, 9.17) is 4.74 Å². The van der Waals surface area contributed by atoms with Gasteiger partial charge in [-0.3, -0.25) is 9.59 Å². The Morgan fingerprint density at radius 3 is 2.44 bits per heavy atom. The molecule has 0 amide bonds. The smallest absolute Gasteiger partial charge is 0.161 e. The van der Waals surface area contributed by atoms with Gasteiger partial charge < -0.3 is 45.6 Å². The second-order valence-electron chi connectivity index (χ2n) is 21.7. The number of carbonyl (C=O) groups excluding carboxylic acids is 2. The third-order valence-electron chi connectivity index (χ3n) is 16.8. The van der Waals surface area contributed by atoms with Crippen molar-refractivity contribution in [2.45, 2.75) is 132 Å².